The Kier molecular flexibility index (Phi) is 20.0. The van der Waals surface area contributed by atoms with E-state index in [0.29, 0.717) is 0 Å². The standard InChI is InChI=1S/C7H12.C7H14.2C3H6.C2H3N/c1-2-7-4-3-6(1)5-7;1-7-5-3-2-4-6-7;2*1-3-2;1-2-3/h6-7H,1-5H2;7H,2-6H2,1H3;2*3H,1H2,2H3;1H3. The van der Waals surface area contributed by atoms with Crippen LogP contribution >= 0.6 is 0 Å². The van der Waals surface area contributed by atoms with Gasteiger partial charge in [-0.2, -0.15) is 5.26 Å². The van der Waals surface area contributed by atoms with E-state index >= 15 is 0 Å². The van der Waals surface area contributed by atoms with Crippen molar-refractivity contribution < 1.29 is 0 Å². The maximum atomic E-state index is 7.32. The maximum absolute atomic E-state index is 7.32. The smallest absolute Gasteiger partial charge is 0.0587 e. The second kappa shape index (κ2) is 19.0. The van der Waals surface area contributed by atoms with Crippen LogP contribution in [-0.4, -0.2) is 0 Å². The van der Waals surface area contributed by atoms with Crippen LogP contribution in [0.1, 0.15) is 91.9 Å². The highest BCUT2D eigenvalue weighted by atomic mass is 14.4. The molecule has 3 saturated carbocycles. The van der Waals surface area contributed by atoms with Gasteiger partial charge in [-0.05, 0) is 38.0 Å². The number of nitriles is 1. The Balaban J connectivity index is 0. The molecular weight excluding hydrogens is 278 g/mol. The molecule has 2 bridgehead atoms. The van der Waals surface area contributed by atoms with Crippen LogP contribution in [0.25, 0.3) is 0 Å². The van der Waals surface area contributed by atoms with Gasteiger partial charge in [-0.1, -0.05) is 76.9 Å². The van der Waals surface area contributed by atoms with Crippen molar-refractivity contribution in [3.8, 4) is 6.07 Å². The van der Waals surface area contributed by atoms with Crippen molar-refractivity contribution in [2.24, 2.45) is 17.8 Å². The number of hydrogen-bond donors (Lipinski definition) is 0. The second-order valence-corrected chi connectivity index (χ2v) is 6.91. The minimum atomic E-state index is 1.04. The van der Waals surface area contributed by atoms with Crippen molar-refractivity contribution in [1.82, 2.24) is 0 Å². The van der Waals surface area contributed by atoms with E-state index in [1.54, 1.807) is 50.3 Å². The number of nitrogens with zero attached hydrogens (tertiary/aromatic N) is 1. The zero-order valence-corrected chi connectivity index (χ0v) is 16.3. The Morgan fingerprint density at radius 2 is 1.13 bits per heavy atom. The zero-order valence-electron chi connectivity index (χ0n) is 16.3. The summed E-state index contributed by atoms with van der Waals surface area (Å²) in [6, 6.07) is 1.75. The van der Waals surface area contributed by atoms with Gasteiger partial charge >= 0.3 is 0 Å². The molecule has 3 aliphatic rings. The van der Waals surface area contributed by atoms with Crippen molar-refractivity contribution in [2.45, 2.75) is 91.9 Å². The molecular formula is C22H41N. The molecule has 0 aromatic heterocycles. The fraction of sp³-hybridized carbons (Fsp3) is 0.773. The zero-order chi connectivity index (χ0) is 17.9. The molecule has 0 amide bonds. The Bertz CT molecular complexity index is 270. The highest BCUT2D eigenvalue weighted by Crippen LogP contribution is 2.43. The van der Waals surface area contributed by atoms with Crippen molar-refractivity contribution in [2.75, 3.05) is 0 Å². The summed E-state index contributed by atoms with van der Waals surface area (Å²) in [7, 11) is 0. The Hall–Kier alpha value is -1.03. The second-order valence-electron chi connectivity index (χ2n) is 6.91. The molecule has 0 aromatic carbocycles. The Morgan fingerprint density at radius 1 is 0.826 bits per heavy atom. The van der Waals surface area contributed by atoms with Crippen LogP contribution < -0.4 is 0 Å². The van der Waals surface area contributed by atoms with Gasteiger partial charge in [0.25, 0.3) is 0 Å². The Morgan fingerprint density at radius 3 is 1.26 bits per heavy atom. The van der Waals surface area contributed by atoms with Gasteiger partial charge in [0.05, 0.1) is 6.07 Å². The average molecular weight is 320 g/mol. The van der Waals surface area contributed by atoms with E-state index in [1.807, 2.05) is 13.8 Å². The number of fused-ring (bicyclic) bond motifs is 2. The van der Waals surface area contributed by atoms with Crippen LogP contribution in [0.5, 0.6) is 0 Å². The monoisotopic (exact) mass is 319 g/mol. The molecule has 0 atom stereocenters. The van der Waals surface area contributed by atoms with Crippen molar-refractivity contribution >= 4 is 0 Å². The lowest BCUT2D eigenvalue weighted by Crippen LogP contribution is -1.99. The maximum Gasteiger partial charge on any atom is 0.0587 e. The van der Waals surface area contributed by atoms with E-state index in [1.165, 1.54) is 50.9 Å². The summed E-state index contributed by atoms with van der Waals surface area (Å²) in [6.07, 6.45) is 18.8. The number of hydrogen-bond acceptors (Lipinski definition) is 1. The highest BCUT2D eigenvalue weighted by Gasteiger charge is 2.30. The van der Waals surface area contributed by atoms with E-state index in [4.69, 9.17) is 5.26 Å². The topological polar surface area (TPSA) is 23.8 Å². The van der Waals surface area contributed by atoms with Gasteiger partial charge in [0, 0.05) is 6.92 Å². The third-order valence-electron chi connectivity index (χ3n) is 4.53. The van der Waals surface area contributed by atoms with Crippen LogP contribution in [0.2, 0.25) is 0 Å². The molecule has 134 valence electrons. The van der Waals surface area contributed by atoms with Gasteiger partial charge in [-0.15, -0.1) is 13.2 Å². The number of allylic oxidation sites excluding steroid dienone is 2. The predicted molar refractivity (Wildman–Crippen MR) is 105 cm³/mol. The lowest BCUT2D eigenvalue weighted by Gasteiger charge is -2.15. The molecule has 0 saturated heterocycles. The summed E-state index contributed by atoms with van der Waals surface area (Å²) in [5.41, 5.74) is 0. The van der Waals surface area contributed by atoms with Crippen LogP contribution in [0.4, 0.5) is 0 Å². The SMILES string of the molecule is C1CC2CCC1C2.C=CC.C=CC.CC#N.CC1CCCCC1. The van der Waals surface area contributed by atoms with Gasteiger partial charge in [0.2, 0.25) is 0 Å². The molecule has 0 spiro atoms. The lowest BCUT2D eigenvalue weighted by molar-refractivity contribution is 0.385. The van der Waals surface area contributed by atoms with E-state index in [2.05, 4.69) is 20.1 Å². The average Bonchev–Trinajstić information content (AvgIpc) is 3.16. The summed E-state index contributed by atoms with van der Waals surface area (Å²) >= 11 is 0. The fourth-order valence-corrected chi connectivity index (χ4v) is 3.48. The normalized spacial score (nSPS) is 23.8. The quantitative estimate of drug-likeness (QED) is 0.420. The van der Waals surface area contributed by atoms with Crippen LogP contribution in [0.3, 0.4) is 0 Å². The van der Waals surface area contributed by atoms with E-state index in [0.717, 1.165) is 5.92 Å². The van der Waals surface area contributed by atoms with E-state index < -0.39 is 0 Å². The van der Waals surface area contributed by atoms with Crippen molar-refractivity contribution in [3.63, 3.8) is 0 Å². The number of rotatable bonds is 0. The molecule has 3 fully saturated rings. The molecule has 0 aliphatic heterocycles. The van der Waals surface area contributed by atoms with Crippen LogP contribution in [0.15, 0.2) is 25.3 Å². The minimum Gasteiger partial charge on any atom is -0.199 e. The summed E-state index contributed by atoms with van der Waals surface area (Å²) in [4.78, 5) is 0. The van der Waals surface area contributed by atoms with Gasteiger partial charge in [-0.3, -0.25) is 0 Å². The van der Waals surface area contributed by atoms with Crippen molar-refractivity contribution in [3.05, 3.63) is 25.3 Å². The summed E-state index contributed by atoms with van der Waals surface area (Å²) in [5.74, 6) is 3.38. The molecule has 1 heteroatoms. The van der Waals surface area contributed by atoms with Gasteiger partial charge in [-0.25, -0.2) is 0 Å². The van der Waals surface area contributed by atoms with Gasteiger partial charge < -0.3 is 0 Å². The summed E-state index contributed by atoms with van der Waals surface area (Å²) in [5, 5.41) is 7.32. The highest BCUT2D eigenvalue weighted by molar-refractivity contribution is 4.82. The molecule has 1 nitrogen and oxygen atoms in total. The molecule has 3 rings (SSSR count). The van der Waals surface area contributed by atoms with Gasteiger partial charge in [0.1, 0.15) is 0 Å². The third-order valence-corrected chi connectivity index (χ3v) is 4.53. The molecule has 3 aliphatic carbocycles. The fourth-order valence-electron chi connectivity index (χ4n) is 3.48. The first-order chi connectivity index (χ1) is 11.1. The predicted octanol–water partition coefficient (Wildman–Crippen LogP) is 7.70. The first kappa shape index (κ1) is 24.2. The Labute approximate surface area is 146 Å². The lowest BCUT2D eigenvalue weighted by atomic mass is 9.91. The van der Waals surface area contributed by atoms with Crippen molar-refractivity contribution in [1.29, 1.82) is 5.26 Å². The molecule has 0 radical (unpaired) electrons. The largest absolute Gasteiger partial charge is 0.199 e. The molecule has 0 N–H and O–H groups in total. The molecule has 0 aromatic rings. The molecule has 0 unspecified atom stereocenters. The molecule has 23 heavy (non-hydrogen) atoms. The third kappa shape index (κ3) is 17.2. The summed E-state index contributed by atoms with van der Waals surface area (Å²) in [6.45, 7) is 14.3. The van der Waals surface area contributed by atoms with Crippen LogP contribution in [0, 0.1) is 29.1 Å². The minimum absolute atomic E-state index is 1.04. The summed E-state index contributed by atoms with van der Waals surface area (Å²) < 4.78 is 0. The first-order valence-corrected chi connectivity index (χ1v) is 9.54. The van der Waals surface area contributed by atoms with Crippen LogP contribution in [-0.2, 0) is 0 Å². The van der Waals surface area contributed by atoms with Gasteiger partial charge in [0.15, 0.2) is 0 Å². The van der Waals surface area contributed by atoms with E-state index in [9.17, 15) is 0 Å². The van der Waals surface area contributed by atoms with E-state index in [-0.39, 0.29) is 0 Å². The first-order valence-electron chi connectivity index (χ1n) is 9.54. The molecule has 0 heterocycles.